The van der Waals surface area contributed by atoms with Crippen molar-refractivity contribution >= 4 is 5.91 Å². The maximum atomic E-state index is 12.2. The number of hydrogen-bond donors (Lipinski definition) is 2. The highest BCUT2D eigenvalue weighted by atomic mass is 16.5. The quantitative estimate of drug-likeness (QED) is 0.773. The molecule has 0 spiro atoms. The van der Waals surface area contributed by atoms with Gasteiger partial charge in [0.15, 0.2) is 0 Å². The van der Waals surface area contributed by atoms with Crippen molar-refractivity contribution in [1.82, 2.24) is 15.5 Å². The first-order valence-electron chi connectivity index (χ1n) is 7.54. The first kappa shape index (κ1) is 14.8. The van der Waals surface area contributed by atoms with E-state index in [1.165, 1.54) is 32.4 Å². The van der Waals surface area contributed by atoms with Crippen LogP contribution in [0.3, 0.4) is 0 Å². The van der Waals surface area contributed by atoms with Gasteiger partial charge in [0, 0.05) is 19.1 Å². The highest BCUT2D eigenvalue weighted by Gasteiger charge is 2.29. The van der Waals surface area contributed by atoms with Crippen LogP contribution in [0.4, 0.5) is 0 Å². The second kappa shape index (κ2) is 7.22. The predicted octanol–water partition coefficient (Wildman–Crippen LogP) is 0.354. The summed E-state index contributed by atoms with van der Waals surface area (Å²) in [6, 6.07) is -0.0147. The van der Waals surface area contributed by atoms with E-state index >= 15 is 0 Å². The van der Waals surface area contributed by atoms with Gasteiger partial charge in [0.25, 0.3) is 0 Å². The van der Waals surface area contributed by atoms with Gasteiger partial charge in [-0.1, -0.05) is 6.42 Å². The fourth-order valence-electron chi connectivity index (χ4n) is 2.93. The summed E-state index contributed by atoms with van der Waals surface area (Å²) < 4.78 is 5.51. The molecule has 110 valence electrons. The summed E-state index contributed by atoms with van der Waals surface area (Å²) in [4.78, 5) is 14.6. The number of piperidine rings is 1. The van der Waals surface area contributed by atoms with Gasteiger partial charge in [0.05, 0.1) is 12.7 Å². The van der Waals surface area contributed by atoms with Crippen molar-refractivity contribution in [2.45, 2.75) is 51.3 Å². The van der Waals surface area contributed by atoms with Crippen LogP contribution in [0.2, 0.25) is 0 Å². The fraction of sp³-hybridized carbons (Fsp3) is 0.929. The summed E-state index contributed by atoms with van der Waals surface area (Å²) in [5, 5.41) is 6.33. The van der Waals surface area contributed by atoms with E-state index in [-0.39, 0.29) is 24.1 Å². The zero-order valence-electron chi connectivity index (χ0n) is 12.2. The Morgan fingerprint density at radius 3 is 2.84 bits per heavy atom. The average Bonchev–Trinajstić information content (AvgIpc) is 2.40. The summed E-state index contributed by atoms with van der Waals surface area (Å²) in [5.41, 5.74) is 0. The first-order valence-corrected chi connectivity index (χ1v) is 7.54. The molecule has 5 heteroatoms. The Bertz CT molecular complexity index is 292. The van der Waals surface area contributed by atoms with E-state index in [9.17, 15) is 4.79 Å². The van der Waals surface area contributed by atoms with E-state index in [2.05, 4.69) is 22.5 Å². The molecular formula is C14H27N3O2. The summed E-state index contributed by atoms with van der Waals surface area (Å²) in [7, 11) is 0. The van der Waals surface area contributed by atoms with E-state index < -0.39 is 0 Å². The summed E-state index contributed by atoms with van der Waals surface area (Å²) in [5.74, 6) is 0.0664. The third-order valence-corrected chi connectivity index (χ3v) is 3.97. The number of morpholine rings is 1. The Morgan fingerprint density at radius 1 is 1.42 bits per heavy atom. The fourth-order valence-corrected chi connectivity index (χ4v) is 2.93. The maximum Gasteiger partial charge on any atom is 0.240 e. The van der Waals surface area contributed by atoms with Crippen LogP contribution in [0.25, 0.3) is 0 Å². The topological polar surface area (TPSA) is 53.6 Å². The van der Waals surface area contributed by atoms with Crippen molar-refractivity contribution < 1.29 is 9.53 Å². The lowest BCUT2D eigenvalue weighted by Gasteiger charge is -2.32. The molecule has 0 aromatic carbocycles. The third-order valence-electron chi connectivity index (χ3n) is 3.97. The Hall–Kier alpha value is -0.650. The van der Waals surface area contributed by atoms with Crippen LogP contribution in [0.15, 0.2) is 0 Å². The van der Waals surface area contributed by atoms with E-state index in [1.807, 2.05) is 6.92 Å². The van der Waals surface area contributed by atoms with E-state index in [1.54, 1.807) is 0 Å². The SMILES string of the molecule is CC(CN1CCCCC1)NC(=O)[C@H]1NCCO[C@@H]1C. The molecule has 0 saturated carbocycles. The van der Waals surface area contributed by atoms with Crippen LogP contribution in [0, 0.1) is 0 Å². The second-order valence-corrected chi connectivity index (χ2v) is 5.78. The standard InChI is InChI=1S/C14H27N3O2/c1-11(10-17-7-4-3-5-8-17)16-14(18)13-12(2)19-9-6-15-13/h11-13,15H,3-10H2,1-2H3,(H,16,18)/t11?,12-,13+/m1/s1. The molecule has 2 fully saturated rings. The molecule has 0 aromatic heterocycles. The van der Waals surface area contributed by atoms with Gasteiger partial charge in [-0.05, 0) is 39.8 Å². The Balaban J connectivity index is 1.74. The zero-order valence-corrected chi connectivity index (χ0v) is 12.2. The molecule has 2 heterocycles. The van der Waals surface area contributed by atoms with Crippen molar-refractivity contribution in [3.05, 3.63) is 0 Å². The van der Waals surface area contributed by atoms with Crippen molar-refractivity contribution in [3.63, 3.8) is 0 Å². The number of nitrogens with zero attached hydrogens (tertiary/aromatic N) is 1. The molecule has 2 rings (SSSR count). The minimum Gasteiger partial charge on any atom is -0.375 e. The number of carbonyl (C=O) groups is 1. The molecule has 1 amide bonds. The van der Waals surface area contributed by atoms with E-state index in [0.717, 1.165) is 13.1 Å². The number of likely N-dealkylation sites (tertiary alicyclic amines) is 1. The normalized spacial score (nSPS) is 30.8. The highest BCUT2D eigenvalue weighted by molar-refractivity contribution is 5.82. The second-order valence-electron chi connectivity index (χ2n) is 5.78. The molecular weight excluding hydrogens is 242 g/mol. The highest BCUT2D eigenvalue weighted by Crippen LogP contribution is 2.09. The molecule has 1 unspecified atom stereocenters. The average molecular weight is 269 g/mol. The maximum absolute atomic E-state index is 12.2. The Labute approximate surface area is 116 Å². The molecule has 0 bridgehead atoms. The Kier molecular flexibility index (Phi) is 5.60. The smallest absolute Gasteiger partial charge is 0.240 e. The molecule has 2 aliphatic heterocycles. The molecule has 3 atom stereocenters. The van der Waals surface area contributed by atoms with Gasteiger partial charge in [-0.25, -0.2) is 0 Å². The van der Waals surface area contributed by atoms with Crippen LogP contribution >= 0.6 is 0 Å². The van der Waals surface area contributed by atoms with Gasteiger partial charge in [0.2, 0.25) is 5.91 Å². The van der Waals surface area contributed by atoms with Gasteiger partial charge < -0.3 is 20.3 Å². The van der Waals surface area contributed by atoms with Crippen LogP contribution in [-0.2, 0) is 9.53 Å². The Morgan fingerprint density at radius 2 is 2.16 bits per heavy atom. The first-order chi connectivity index (χ1) is 9.16. The summed E-state index contributed by atoms with van der Waals surface area (Å²) in [6.07, 6.45) is 3.87. The van der Waals surface area contributed by atoms with E-state index in [0.29, 0.717) is 6.61 Å². The van der Waals surface area contributed by atoms with Crippen molar-refractivity contribution in [2.24, 2.45) is 0 Å². The predicted molar refractivity (Wildman–Crippen MR) is 75.1 cm³/mol. The van der Waals surface area contributed by atoms with Crippen LogP contribution in [0.1, 0.15) is 33.1 Å². The van der Waals surface area contributed by atoms with E-state index in [4.69, 9.17) is 4.74 Å². The van der Waals surface area contributed by atoms with Gasteiger partial charge in [-0.15, -0.1) is 0 Å². The third kappa shape index (κ3) is 4.44. The van der Waals surface area contributed by atoms with Gasteiger partial charge >= 0.3 is 0 Å². The molecule has 0 radical (unpaired) electrons. The van der Waals surface area contributed by atoms with Gasteiger partial charge in [0.1, 0.15) is 6.04 Å². The molecule has 0 aromatic rings. The largest absolute Gasteiger partial charge is 0.375 e. The molecule has 5 nitrogen and oxygen atoms in total. The molecule has 19 heavy (non-hydrogen) atoms. The number of carbonyl (C=O) groups excluding carboxylic acids is 1. The van der Waals surface area contributed by atoms with Crippen molar-refractivity contribution in [2.75, 3.05) is 32.8 Å². The van der Waals surface area contributed by atoms with Crippen LogP contribution < -0.4 is 10.6 Å². The number of nitrogens with one attached hydrogen (secondary N) is 2. The lowest BCUT2D eigenvalue weighted by Crippen LogP contribution is -2.57. The molecule has 2 saturated heterocycles. The number of hydrogen-bond acceptors (Lipinski definition) is 4. The van der Waals surface area contributed by atoms with Gasteiger partial charge in [-0.2, -0.15) is 0 Å². The molecule has 2 aliphatic rings. The zero-order chi connectivity index (χ0) is 13.7. The number of rotatable bonds is 4. The summed E-state index contributed by atoms with van der Waals surface area (Å²) in [6.45, 7) is 8.76. The number of amides is 1. The minimum atomic E-state index is -0.211. The van der Waals surface area contributed by atoms with Crippen molar-refractivity contribution in [3.8, 4) is 0 Å². The van der Waals surface area contributed by atoms with Gasteiger partial charge in [-0.3, -0.25) is 4.79 Å². The number of ether oxygens (including phenoxy) is 1. The monoisotopic (exact) mass is 269 g/mol. The van der Waals surface area contributed by atoms with Crippen LogP contribution in [-0.4, -0.2) is 61.8 Å². The van der Waals surface area contributed by atoms with Crippen LogP contribution in [0.5, 0.6) is 0 Å². The molecule has 0 aliphatic carbocycles. The lowest BCUT2D eigenvalue weighted by molar-refractivity contribution is -0.129. The minimum absolute atomic E-state index is 0.0454. The van der Waals surface area contributed by atoms with Crippen molar-refractivity contribution in [1.29, 1.82) is 0 Å². The molecule has 2 N–H and O–H groups in total. The lowest BCUT2D eigenvalue weighted by atomic mass is 10.1. The summed E-state index contributed by atoms with van der Waals surface area (Å²) >= 11 is 0.